The average molecular weight is 462 g/mol. The number of carbonyl (C=O) groups is 2. The highest BCUT2D eigenvalue weighted by Gasteiger charge is 2.33. The number of hydrogen-bond donors (Lipinski definition) is 0. The van der Waals surface area contributed by atoms with Gasteiger partial charge in [-0.05, 0) is 57.0 Å². The lowest BCUT2D eigenvalue weighted by molar-refractivity contribution is -0.141. The number of carbonyl (C=O) groups excluding carboxylic acids is 2. The highest BCUT2D eigenvalue weighted by molar-refractivity contribution is 5.99. The maximum absolute atomic E-state index is 13.2. The summed E-state index contributed by atoms with van der Waals surface area (Å²) in [6.07, 6.45) is -0.630. The van der Waals surface area contributed by atoms with E-state index in [1.165, 1.54) is 12.0 Å². The Kier molecular flexibility index (Phi) is 7.95. The molecule has 0 fully saturated rings. The van der Waals surface area contributed by atoms with Crippen LogP contribution in [0.4, 0.5) is 10.5 Å². The molecular formula is C28H31NO5. The van der Waals surface area contributed by atoms with Gasteiger partial charge in [0, 0.05) is 5.56 Å². The molecule has 0 bridgehead atoms. The fourth-order valence-corrected chi connectivity index (χ4v) is 3.47. The van der Waals surface area contributed by atoms with Gasteiger partial charge < -0.3 is 14.2 Å². The molecule has 0 aromatic heterocycles. The van der Waals surface area contributed by atoms with Crippen LogP contribution in [0.3, 0.4) is 0 Å². The van der Waals surface area contributed by atoms with Crippen molar-refractivity contribution in [1.82, 2.24) is 0 Å². The van der Waals surface area contributed by atoms with Crippen molar-refractivity contribution in [2.45, 2.75) is 45.9 Å². The van der Waals surface area contributed by atoms with Crippen LogP contribution in [0, 0.1) is 0 Å². The molecule has 0 aliphatic carbocycles. The molecule has 34 heavy (non-hydrogen) atoms. The third-order valence-electron chi connectivity index (χ3n) is 5.08. The molecule has 0 saturated carbocycles. The maximum atomic E-state index is 13.2. The lowest BCUT2D eigenvalue weighted by Gasteiger charge is -2.31. The first-order valence-electron chi connectivity index (χ1n) is 11.2. The zero-order valence-corrected chi connectivity index (χ0v) is 20.3. The van der Waals surface area contributed by atoms with Gasteiger partial charge in [-0.3, -0.25) is 4.90 Å². The van der Waals surface area contributed by atoms with Crippen molar-refractivity contribution in [3.63, 3.8) is 0 Å². The van der Waals surface area contributed by atoms with E-state index in [0.717, 1.165) is 16.7 Å². The predicted octanol–water partition coefficient (Wildman–Crippen LogP) is 6.24. The number of benzene rings is 3. The van der Waals surface area contributed by atoms with Gasteiger partial charge in [-0.2, -0.15) is 0 Å². The first-order valence-corrected chi connectivity index (χ1v) is 11.2. The molecule has 0 aliphatic rings. The molecule has 3 aromatic rings. The summed E-state index contributed by atoms with van der Waals surface area (Å²) in [5.41, 5.74) is 2.47. The van der Waals surface area contributed by atoms with Crippen LogP contribution in [-0.4, -0.2) is 30.8 Å². The summed E-state index contributed by atoms with van der Waals surface area (Å²) in [5.74, 6) is 0.154. The third-order valence-corrected chi connectivity index (χ3v) is 5.08. The van der Waals surface area contributed by atoms with E-state index < -0.39 is 23.7 Å². The van der Waals surface area contributed by atoms with E-state index in [0.29, 0.717) is 18.0 Å². The molecular weight excluding hydrogens is 430 g/mol. The van der Waals surface area contributed by atoms with Gasteiger partial charge in [0.2, 0.25) is 0 Å². The lowest BCUT2D eigenvalue weighted by Crippen LogP contribution is -2.46. The van der Waals surface area contributed by atoms with Crippen molar-refractivity contribution >= 4 is 17.7 Å². The number of amides is 1. The van der Waals surface area contributed by atoms with E-state index in [2.05, 4.69) is 0 Å². The SMILES string of the molecule is COC(=O)[C@H](C)N(C(=O)OC(C)(C)C)c1ccccc1-c1cccc(OCc2ccccc2)c1. The topological polar surface area (TPSA) is 65.1 Å². The molecule has 1 atom stereocenters. The first-order chi connectivity index (χ1) is 16.2. The molecule has 1 amide bonds. The fourth-order valence-electron chi connectivity index (χ4n) is 3.47. The summed E-state index contributed by atoms with van der Waals surface area (Å²) in [7, 11) is 1.30. The summed E-state index contributed by atoms with van der Waals surface area (Å²) < 4.78 is 16.5. The molecule has 178 valence electrons. The Morgan fingerprint density at radius 2 is 1.59 bits per heavy atom. The van der Waals surface area contributed by atoms with Crippen molar-refractivity contribution in [2.24, 2.45) is 0 Å². The Hall–Kier alpha value is -3.80. The van der Waals surface area contributed by atoms with Crippen molar-refractivity contribution in [3.05, 3.63) is 84.4 Å². The van der Waals surface area contributed by atoms with Crippen LogP contribution in [0.5, 0.6) is 5.75 Å². The van der Waals surface area contributed by atoms with Crippen LogP contribution in [0.1, 0.15) is 33.3 Å². The number of nitrogens with zero attached hydrogens (tertiary/aromatic N) is 1. The molecule has 0 saturated heterocycles. The fraction of sp³-hybridized carbons (Fsp3) is 0.286. The quantitative estimate of drug-likeness (QED) is 0.390. The third kappa shape index (κ3) is 6.38. The van der Waals surface area contributed by atoms with Gasteiger partial charge in [0.05, 0.1) is 12.8 Å². The number of methoxy groups -OCH3 is 1. The minimum absolute atomic E-state index is 0.440. The van der Waals surface area contributed by atoms with Crippen LogP contribution in [0.2, 0.25) is 0 Å². The van der Waals surface area contributed by atoms with Crippen LogP contribution in [0.15, 0.2) is 78.9 Å². The summed E-state index contributed by atoms with van der Waals surface area (Å²) in [4.78, 5) is 27.0. The van der Waals surface area contributed by atoms with Crippen LogP contribution < -0.4 is 9.64 Å². The van der Waals surface area contributed by atoms with Crippen molar-refractivity contribution in [3.8, 4) is 16.9 Å². The summed E-state index contributed by atoms with van der Waals surface area (Å²) in [6.45, 7) is 7.41. The standard InChI is InChI=1S/C28H31NO5/c1-20(26(30)32-5)29(27(31)34-28(2,3)4)25-17-10-9-16-24(25)22-14-11-15-23(18-22)33-19-21-12-7-6-8-13-21/h6-18,20H,19H2,1-5H3/t20-/m0/s1. The highest BCUT2D eigenvalue weighted by atomic mass is 16.6. The number of anilines is 1. The Morgan fingerprint density at radius 1 is 0.912 bits per heavy atom. The second-order valence-corrected chi connectivity index (χ2v) is 8.87. The Morgan fingerprint density at radius 3 is 2.26 bits per heavy atom. The molecule has 3 rings (SSSR count). The molecule has 0 heterocycles. The highest BCUT2D eigenvalue weighted by Crippen LogP contribution is 2.35. The van der Waals surface area contributed by atoms with Gasteiger partial charge in [0.15, 0.2) is 0 Å². The van der Waals surface area contributed by atoms with Crippen molar-refractivity contribution in [1.29, 1.82) is 0 Å². The number of para-hydroxylation sites is 1. The minimum Gasteiger partial charge on any atom is -0.489 e. The smallest absolute Gasteiger partial charge is 0.415 e. The Bertz CT molecular complexity index is 1120. The zero-order valence-electron chi connectivity index (χ0n) is 20.3. The Balaban J connectivity index is 1.98. The number of ether oxygens (including phenoxy) is 3. The van der Waals surface area contributed by atoms with E-state index >= 15 is 0 Å². The van der Waals surface area contributed by atoms with Gasteiger partial charge in [-0.25, -0.2) is 9.59 Å². The van der Waals surface area contributed by atoms with E-state index in [9.17, 15) is 9.59 Å². The summed E-state index contributed by atoms with van der Waals surface area (Å²) in [6, 6.07) is 24.0. The van der Waals surface area contributed by atoms with Gasteiger partial charge in [-0.15, -0.1) is 0 Å². The normalized spacial score (nSPS) is 11.9. The van der Waals surface area contributed by atoms with Crippen LogP contribution in [0.25, 0.3) is 11.1 Å². The molecule has 6 heteroatoms. The summed E-state index contributed by atoms with van der Waals surface area (Å²) >= 11 is 0. The monoisotopic (exact) mass is 461 g/mol. The Labute approximate surface area is 201 Å². The molecule has 0 N–H and O–H groups in total. The molecule has 0 radical (unpaired) electrons. The van der Waals surface area contributed by atoms with Gasteiger partial charge in [-0.1, -0.05) is 60.7 Å². The molecule has 6 nitrogen and oxygen atoms in total. The van der Waals surface area contributed by atoms with Gasteiger partial charge in [0.25, 0.3) is 0 Å². The van der Waals surface area contributed by atoms with Crippen molar-refractivity contribution < 1.29 is 23.8 Å². The van der Waals surface area contributed by atoms with E-state index in [1.807, 2.05) is 72.8 Å². The number of hydrogen-bond acceptors (Lipinski definition) is 5. The van der Waals surface area contributed by atoms with E-state index in [-0.39, 0.29) is 0 Å². The second kappa shape index (κ2) is 10.9. The molecule has 0 aliphatic heterocycles. The minimum atomic E-state index is -0.890. The van der Waals surface area contributed by atoms with Gasteiger partial charge >= 0.3 is 12.1 Å². The average Bonchev–Trinajstić information content (AvgIpc) is 2.82. The maximum Gasteiger partial charge on any atom is 0.415 e. The van der Waals surface area contributed by atoms with Crippen LogP contribution >= 0.6 is 0 Å². The number of esters is 1. The molecule has 3 aromatic carbocycles. The van der Waals surface area contributed by atoms with E-state index in [1.54, 1.807) is 33.8 Å². The van der Waals surface area contributed by atoms with E-state index in [4.69, 9.17) is 14.2 Å². The summed E-state index contributed by atoms with van der Waals surface area (Å²) in [5, 5.41) is 0. The molecule has 0 spiro atoms. The first kappa shape index (κ1) is 24.8. The van der Waals surface area contributed by atoms with Gasteiger partial charge in [0.1, 0.15) is 24.0 Å². The lowest BCUT2D eigenvalue weighted by atomic mass is 10.0. The van der Waals surface area contributed by atoms with Crippen LogP contribution in [-0.2, 0) is 20.9 Å². The second-order valence-electron chi connectivity index (χ2n) is 8.87. The zero-order chi connectivity index (χ0) is 24.7. The largest absolute Gasteiger partial charge is 0.489 e. The predicted molar refractivity (Wildman–Crippen MR) is 133 cm³/mol. The molecule has 0 unspecified atom stereocenters. The van der Waals surface area contributed by atoms with Crippen molar-refractivity contribution in [2.75, 3.05) is 12.0 Å². The number of rotatable bonds is 7.